The van der Waals surface area contributed by atoms with E-state index in [1.165, 1.54) is 24.4 Å². The van der Waals surface area contributed by atoms with E-state index < -0.39 is 42.4 Å². The van der Waals surface area contributed by atoms with Crippen LogP contribution in [-0.4, -0.2) is 60.5 Å². The van der Waals surface area contributed by atoms with Crippen LogP contribution in [0.25, 0.3) is 0 Å². The summed E-state index contributed by atoms with van der Waals surface area (Å²) >= 11 is 0. The van der Waals surface area contributed by atoms with E-state index in [0.29, 0.717) is 4.57 Å². The standard InChI is InChI=1S/C15H14F2N4O5/c16-15(17)12(24)11(7-22)26-13(15)21-5-3-8(19-14(21)25)6-10(23)9-2-1-4-18-20-9/h1-5,11-13,22,24H,6-7H2/t11-,12-,13-/m1/s1. The molecule has 0 bridgehead atoms. The molecule has 3 atom stereocenters. The SMILES string of the molecule is O=C(Cc1ccn([C@@H]2O[C@H](CO)[C@@H](O)C2(F)F)c(=O)n1)c1cccnn1. The lowest BCUT2D eigenvalue weighted by molar-refractivity contribution is -0.141. The van der Waals surface area contributed by atoms with Crippen molar-refractivity contribution >= 4 is 5.78 Å². The van der Waals surface area contributed by atoms with Crippen LogP contribution in [0.15, 0.2) is 35.4 Å². The number of nitrogens with zero attached hydrogens (tertiary/aromatic N) is 4. The van der Waals surface area contributed by atoms with Crippen molar-refractivity contribution in [3.63, 3.8) is 0 Å². The zero-order chi connectivity index (χ0) is 18.9. The molecule has 1 saturated heterocycles. The maximum Gasteiger partial charge on any atom is 0.350 e. The van der Waals surface area contributed by atoms with E-state index in [1.54, 1.807) is 0 Å². The van der Waals surface area contributed by atoms with Crippen molar-refractivity contribution in [2.75, 3.05) is 6.61 Å². The number of aromatic nitrogens is 4. The Bertz CT molecular complexity index is 861. The van der Waals surface area contributed by atoms with Gasteiger partial charge in [-0.2, -0.15) is 18.9 Å². The number of carbonyl (C=O) groups excluding carboxylic acids is 1. The van der Waals surface area contributed by atoms with Gasteiger partial charge in [0.05, 0.1) is 18.7 Å². The Morgan fingerprint density at radius 3 is 2.73 bits per heavy atom. The van der Waals surface area contributed by atoms with Gasteiger partial charge in [-0.25, -0.2) is 4.79 Å². The summed E-state index contributed by atoms with van der Waals surface area (Å²) in [6.45, 7) is -0.833. The maximum absolute atomic E-state index is 14.1. The summed E-state index contributed by atoms with van der Waals surface area (Å²) in [5.41, 5.74) is -0.939. The fraction of sp³-hybridized carbons (Fsp3) is 0.400. The number of halogens is 2. The van der Waals surface area contributed by atoms with Gasteiger partial charge in [0.25, 0.3) is 0 Å². The summed E-state index contributed by atoms with van der Waals surface area (Å²) in [7, 11) is 0. The Kier molecular flexibility index (Phi) is 4.85. The third kappa shape index (κ3) is 3.23. The van der Waals surface area contributed by atoms with Gasteiger partial charge in [-0.05, 0) is 18.2 Å². The zero-order valence-corrected chi connectivity index (χ0v) is 13.2. The fourth-order valence-corrected chi connectivity index (χ4v) is 2.55. The minimum Gasteiger partial charge on any atom is -0.394 e. The van der Waals surface area contributed by atoms with Gasteiger partial charge in [0, 0.05) is 12.4 Å². The number of hydrogen-bond donors (Lipinski definition) is 2. The molecule has 0 saturated carbocycles. The van der Waals surface area contributed by atoms with E-state index in [1.807, 2.05) is 0 Å². The largest absolute Gasteiger partial charge is 0.394 e. The first-order valence-electron chi connectivity index (χ1n) is 7.55. The van der Waals surface area contributed by atoms with Crippen molar-refractivity contribution in [3.8, 4) is 0 Å². The number of carbonyl (C=O) groups is 1. The molecule has 26 heavy (non-hydrogen) atoms. The van der Waals surface area contributed by atoms with Crippen LogP contribution in [0.5, 0.6) is 0 Å². The van der Waals surface area contributed by atoms with E-state index in [9.17, 15) is 23.5 Å². The molecule has 1 aliphatic heterocycles. The van der Waals surface area contributed by atoms with Gasteiger partial charge in [-0.1, -0.05) is 0 Å². The third-order valence-corrected chi connectivity index (χ3v) is 3.90. The molecule has 0 unspecified atom stereocenters. The molecule has 0 radical (unpaired) electrons. The van der Waals surface area contributed by atoms with Crippen LogP contribution >= 0.6 is 0 Å². The monoisotopic (exact) mass is 368 g/mol. The smallest absolute Gasteiger partial charge is 0.350 e. The summed E-state index contributed by atoms with van der Waals surface area (Å²) in [4.78, 5) is 27.7. The summed E-state index contributed by atoms with van der Waals surface area (Å²) in [5.74, 6) is -4.24. The average Bonchev–Trinajstić information content (AvgIpc) is 2.85. The molecule has 0 spiro atoms. The zero-order valence-electron chi connectivity index (χ0n) is 13.2. The highest BCUT2D eigenvalue weighted by Crippen LogP contribution is 2.41. The van der Waals surface area contributed by atoms with Crippen LogP contribution in [0.1, 0.15) is 22.4 Å². The number of alkyl halides is 2. The number of ketones is 1. The molecular formula is C15H14F2N4O5. The van der Waals surface area contributed by atoms with Gasteiger partial charge < -0.3 is 14.9 Å². The highest BCUT2D eigenvalue weighted by Gasteiger charge is 2.59. The van der Waals surface area contributed by atoms with Crippen molar-refractivity contribution in [1.82, 2.24) is 19.7 Å². The lowest BCUT2D eigenvalue weighted by Gasteiger charge is -2.21. The molecule has 2 aromatic heterocycles. The number of aliphatic hydroxyl groups excluding tert-OH is 2. The number of hydrogen-bond acceptors (Lipinski definition) is 8. The first kappa shape index (κ1) is 18.2. The Morgan fingerprint density at radius 1 is 1.38 bits per heavy atom. The second-order valence-electron chi connectivity index (χ2n) is 5.65. The van der Waals surface area contributed by atoms with Crippen LogP contribution in [0.3, 0.4) is 0 Å². The molecule has 9 nitrogen and oxygen atoms in total. The van der Waals surface area contributed by atoms with E-state index >= 15 is 0 Å². The Balaban J connectivity index is 1.82. The summed E-state index contributed by atoms with van der Waals surface area (Å²) in [5, 5.41) is 25.7. The molecule has 11 heteroatoms. The topological polar surface area (TPSA) is 127 Å². The van der Waals surface area contributed by atoms with Crippen molar-refractivity contribution in [2.24, 2.45) is 0 Å². The van der Waals surface area contributed by atoms with Crippen LogP contribution in [0.2, 0.25) is 0 Å². The van der Waals surface area contributed by atoms with Gasteiger partial charge in [0.15, 0.2) is 11.9 Å². The van der Waals surface area contributed by atoms with E-state index in [0.717, 1.165) is 6.20 Å². The lowest BCUT2D eigenvalue weighted by atomic mass is 10.1. The minimum absolute atomic E-state index is 0.0578. The highest BCUT2D eigenvalue weighted by atomic mass is 19.3. The number of Topliss-reactive ketones (excluding diaryl/α,β-unsaturated/α-hetero) is 1. The molecule has 3 heterocycles. The van der Waals surface area contributed by atoms with Crippen LogP contribution in [-0.2, 0) is 11.2 Å². The summed E-state index contributed by atoms with van der Waals surface area (Å²) in [6, 6.07) is 4.18. The number of ether oxygens (including phenoxy) is 1. The van der Waals surface area contributed by atoms with E-state index in [-0.39, 0.29) is 17.8 Å². The van der Waals surface area contributed by atoms with Gasteiger partial charge in [0.1, 0.15) is 11.8 Å². The Hall–Kier alpha value is -2.63. The second-order valence-corrected chi connectivity index (χ2v) is 5.65. The Morgan fingerprint density at radius 2 is 2.15 bits per heavy atom. The van der Waals surface area contributed by atoms with Crippen LogP contribution in [0.4, 0.5) is 8.78 Å². The predicted octanol–water partition coefficient (Wildman–Crippen LogP) is -0.655. The van der Waals surface area contributed by atoms with Crippen molar-refractivity contribution in [3.05, 3.63) is 52.5 Å². The summed E-state index contributed by atoms with van der Waals surface area (Å²) in [6.07, 6.45) is -3.77. The van der Waals surface area contributed by atoms with Crippen molar-refractivity contribution in [1.29, 1.82) is 0 Å². The van der Waals surface area contributed by atoms with E-state index in [4.69, 9.17) is 9.84 Å². The van der Waals surface area contributed by atoms with Gasteiger partial charge >= 0.3 is 11.6 Å². The first-order valence-corrected chi connectivity index (χ1v) is 7.55. The van der Waals surface area contributed by atoms with Gasteiger partial charge in [0.2, 0.25) is 6.23 Å². The molecular weight excluding hydrogens is 354 g/mol. The van der Waals surface area contributed by atoms with Gasteiger partial charge in [-0.15, -0.1) is 5.10 Å². The minimum atomic E-state index is -3.80. The van der Waals surface area contributed by atoms with Crippen LogP contribution < -0.4 is 5.69 Å². The first-order chi connectivity index (χ1) is 12.3. The highest BCUT2D eigenvalue weighted by molar-refractivity contribution is 5.95. The van der Waals surface area contributed by atoms with Crippen molar-refractivity contribution in [2.45, 2.75) is 30.8 Å². The average molecular weight is 368 g/mol. The molecule has 1 fully saturated rings. The molecule has 0 aromatic carbocycles. The molecule has 2 N–H and O–H groups in total. The van der Waals surface area contributed by atoms with E-state index in [2.05, 4.69) is 15.2 Å². The van der Waals surface area contributed by atoms with Gasteiger partial charge in [-0.3, -0.25) is 9.36 Å². The third-order valence-electron chi connectivity index (χ3n) is 3.90. The molecule has 2 aromatic rings. The second kappa shape index (κ2) is 6.94. The lowest BCUT2D eigenvalue weighted by Crippen LogP contribution is -2.41. The molecule has 1 aliphatic rings. The maximum atomic E-state index is 14.1. The number of rotatable bonds is 5. The van der Waals surface area contributed by atoms with Crippen LogP contribution in [0, 0.1) is 0 Å². The fourth-order valence-electron chi connectivity index (χ4n) is 2.55. The molecule has 138 valence electrons. The molecule has 3 rings (SSSR count). The number of aliphatic hydroxyl groups is 2. The van der Waals surface area contributed by atoms with Crippen molar-refractivity contribution < 1.29 is 28.5 Å². The molecule has 0 aliphatic carbocycles. The summed E-state index contributed by atoms with van der Waals surface area (Å²) < 4.78 is 33.6. The Labute approximate surface area is 144 Å². The quantitative estimate of drug-likeness (QED) is 0.666. The predicted molar refractivity (Wildman–Crippen MR) is 80.5 cm³/mol. The molecule has 0 amide bonds. The normalized spacial score (nSPS) is 24.5.